The van der Waals surface area contributed by atoms with Crippen molar-refractivity contribution in [1.29, 1.82) is 0 Å². The van der Waals surface area contributed by atoms with Crippen LogP contribution in [0, 0.1) is 16.7 Å². The van der Waals surface area contributed by atoms with Gasteiger partial charge < -0.3 is 5.11 Å². The molecule has 4 aliphatic rings. The van der Waals surface area contributed by atoms with E-state index in [0.29, 0.717) is 17.5 Å². The zero-order valence-corrected chi connectivity index (χ0v) is 17.1. The average Bonchev–Trinajstić information content (AvgIpc) is 3.39. The van der Waals surface area contributed by atoms with E-state index in [0.717, 1.165) is 50.5 Å². The Kier molecular flexibility index (Phi) is 3.53. The van der Waals surface area contributed by atoms with E-state index in [1.165, 1.54) is 28.7 Å². The lowest BCUT2D eigenvalue weighted by atomic mass is 9.59. The number of hydrogen-bond acceptors (Lipinski definition) is 2. The van der Waals surface area contributed by atoms with Gasteiger partial charge in [0.2, 0.25) is 0 Å². The molecule has 0 bridgehead atoms. The summed E-state index contributed by atoms with van der Waals surface area (Å²) in [6.45, 7) is 2.25. The van der Waals surface area contributed by atoms with Crippen LogP contribution in [0.5, 0.6) is 5.75 Å². The number of aryl methyl sites for hydroxylation is 3. The van der Waals surface area contributed by atoms with E-state index in [2.05, 4.69) is 37.3 Å². The van der Waals surface area contributed by atoms with Crippen LogP contribution in [0.25, 0.3) is 5.57 Å². The van der Waals surface area contributed by atoms with Gasteiger partial charge in [0, 0.05) is 17.3 Å². The average molecular weight is 385 g/mol. The predicted molar refractivity (Wildman–Crippen MR) is 115 cm³/mol. The second-order valence-corrected chi connectivity index (χ2v) is 9.91. The number of benzene rings is 2. The Bertz CT molecular complexity index is 1060. The first-order valence-corrected chi connectivity index (χ1v) is 11.2. The first-order valence-electron chi connectivity index (χ1n) is 11.2. The zero-order chi connectivity index (χ0) is 19.8. The van der Waals surface area contributed by atoms with Crippen LogP contribution in [0.2, 0.25) is 0 Å². The maximum absolute atomic E-state index is 12.7. The molecule has 0 heterocycles. The number of Topliss-reactive ketones (excluding diaryl/α,β-unsaturated/α-hetero) is 1. The summed E-state index contributed by atoms with van der Waals surface area (Å²) in [6.07, 6.45) is 7.92. The quantitative estimate of drug-likeness (QED) is 0.742. The summed E-state index contributed by atoms with van der Waals surface area (Å²) in [5.74, 6) is 1.56. The van der Waals surface area contributed by atoms with Crippen LogP contribution in [0.15, 0.2) is 48.0 Å². The molecule has 2 aromatic rings. The van der Waals surface area contributed by atoms with Gasteiger partial charge in [-0.1, -0.05) is 42.8 Å². The molecule has 29 heavy (non-hydrogen) atoms. The van der Waals surface area contributed by atoms with Crippen LogP contribution in [0.1, 0.15) is 61.3 Å². The molecule has 1 spiro atoms. The molecule has 0 saturated heterocycles. The topological polar surface area (TPSA) is 37.3 Å². The van der Waals surface area contributed by atoms with E-state index in [4.69, 9.17) is 0 Å². The monoisotopic (exact) mass is 384 g/mol. The highest BCUT2D eigenvalue weighted by Crippen LogP contribution is 2.79. The number of fused-ring (bicyclic) bond motifs is 2. The van der Waals surface area contributed by atoms with Crippen molar-refractivity contribution in [2.24, 2.45) is 16.7 Å². The molecule has 2 heteroatoms. The fourth-order valence-electron chi connectivity index (χ4n) is 7.03. The van der Waals surface area contributed by atoms with Gasteiger partial charge in [-0.25, -0.2) is 0 Å². The Morgan fingerprint density at radius 3 is 2.72 bits per heavy atom. The summed E-state index contributed by atoms with van der Waals surface area (Å²) < 4.78 is 0. The summed E-state index contributed by atoms with van der Waals surface area (Å²) in [5, 5.41) is 10.7. The lowest BCUT2D eigenvalue weighted by Crippen LogP contribution is -2.38. The Labute approximate surface area is 172 Å². The highest BCUT2D eigenvalue weighted by atomic mass is 16.3. The van der Waals surface area contributed by atoms with Crippen molar-refractivity contribution in [3.8, 4) is 5.75 Å². The van der Waals surface area contributed by atoms with Gasteiger partial charge >= 0.3 is 0 Å². The Balaban J connectivity index is 1.39. The second kappa shape index (κ2) is 5.84. The summed E-state index contributed by atoms with van der Waals surface area (Å²) in [6, 6.07) is 14.8. The van der Waals surface area contributed by atoms with E-state index in [1.807, 2.05) is 12.1 Å². The summed E-state index contributed by atoms with van der Waals surface area (Å²) >= 11 is 0. The molecule has 6 rings (SSSR count). The maximum atomic E-state index is 12.7. The van der Waals surface area contributed by atoms with Crippen LogP contribution in [0.3, 0.4) is 0 Å². The third kappa shape index (κ3) is 2.26. The molecule has 3 atom stereocenters. The molecule has 2 fully saturated rings. The number of hydrogen-bond donors (Lipinski definition) is 1. The van der Waals surface area contributed by atoms with Crippen LogP contribution in [-0.2, 0) is 24.1 Å². The van der Waals surface area contributed by atoms with Gasteiger partial charge in [-0.2, -0.15) is 0 Å². The fourth-order valence-corrected chi connectivity index (χ4v) is 7.03. The molecule has 2 nitrogen and oxygen atoms in total. The van der Waals surface area contributed by atoms with E-state index in [9.17, 15) is 9.90 Å². The highest BCUT2D eigenvalue weighted by Gasteiger charge is 2.74. The van der Waals surface area contributed by atoms with Crippen LogP contribution >= 0.6 is 0 Å². The lowest BCUT2D eigenvalue weighted by molar-refractivity contribution is -0.128. The van der Waals surface area contributed by atoms with Gasteiger partial charge in [-0.05, 0) is 90.8 Å². The molecule has 0 unspecified atom stereocenters. The van der Waals surface area contributed by atoms with Crippen molar-refractivity contribution in [2.45, 2.75) is 58.3 Å². The van der Waals surface area contributed by atoms with Gasteiger partial charge in [0.1, 0.15) is 11.5 Å². The number of carbonyl (C=O) groups is 1. The zero-order valence-electron chi connectivity index (χ0n) is 17.1. The third-order valence-electron chi connectivity index (χ3n) is 8.71. The van der Waals surface area contributed by atoms with Crippen molar-refractivity contribution < 1.29 is 9.90 Å². The first-order chi connectivity index (χ1) is 14.0. The normalized spacial score (nSPS) is 31.8. The molecule has 0 amide bonds. The number of ketones is 1. The maximum Gasteiger partial charge on any atom is 0.139 e. The Morgan fingerprint density at radius 1 is 1.07 bits per heavy atom. The minimum atomic E-state index is -0.110. The molecule has 2 saturated carbocycles. The van der Waals surface area contributed by atoms with Gasteiger partial charge in [0.15, 0.2) is 0 Å². The van der Waals surface area contributed by atoms with Gasteiger partial charge in [0.25, 0.3) is 0 Å². The highest BCUT2D eigenvalue weighted by molar-refractivity contribution is 5.94. The third-order valence-corrected chi connectivity index (χ3v) is 8.71. The minimum absolute atomic E-state index is 0.110. The lowest BCUT2D eigenvalue weighted by Gasteiger charge is -2.43. The number of carbonyl (C=O) groups excluding carboxylic acids is 1. The molecule has 0 aliphatic heterocycles. The standard InChI is InChI=1S/C27H28O2/c1-26-12-11-21-22-13-19(8-7-17-5-3-2-4-6-17)24(28)14-18(22)9-10-23(21)27(26)16-20(27)15-25(26)29/h2-6,13-14,20,28H,7-12,15-16H2,1H3/t20-,26-,27+/m1/s1. The van der Waals surface area contributed by atoms with Gasteiger partial charge in [-0.3, -0.25) is 4.79 Å². The molecule has 0 aromatic heterocycles. The SMILES string of the molecule is C[C@]12CCC3=C(CCc4cc(O)c(CCc5ccccc5)cc43)[C@@]13C[C@H]3CC2=O. The van der Waals surface area contributed by atoms with Crippen molar-refractivity contribution in [2.75, 3.05) is 0 Å². The number of allylic oxidation sites excluding steroid dienone is 2. The molecule has 1 N–H and O–H groups in total. The smallest absolute Gasteiger partial charge is 0.139 e. The summed E-state index contributed by atoms with van der Waals surface area (Å²) in [5.41, 5.74) is 8.22. The molecule has 148 valence electrons. The second-order valence-electron chi connectivity index (χ2n) is 9.91. The van der Waals surface area contributed by atoms with E-state index < -0.39 is 0 Å². The molecule has 2 aromatic carbocycles. The van der Waals surface area contributed by atoms with Crippen molar-refractivity contribution >= 4 is 11.4 Å². The predicted octanol–water partition coefficient (Wildman–Crippen LogP) is 5.66. The largest absolute Gasteiger partial charge is 0.508 e. The van der Waals surface area contributed by atoms with Crippen molar-refractivity contribution in [1.82, 2.24) is 0 Å². The van der Waals surface area contributed by atoms with Crippen molar-refractivity contribution in [3.63, 3.8) is 0 Å². The molecular formula is C27H28O2. The first kappa shape index (κ1) is 17.5. The minimum Gasteiger partial charge on any atom is -0.508 e. The molecule has 0 radical (unpaired) electrons. The molecular weight excluding hydrogens is 356 g/mol. The van der Waals surface area contributed by atoms with E-state index in [-0.39, 0.29) is 10.8 Å². The summed E-state index contributed by atoms with van der Waals surface area (Å²) in [7, 11) is 0. The molecule has 4 aliphatic carbocycles. The van der Waals surface area contributed by atoms with E-state index >= 15 is 0 Å². The number of phenolic OH excluding ortho intramolecular Hbond substituents is 1. The van der Waals surface area contributed by atoms with Crippen LogP contribution in [0.4, 0.5) is 0 Å². The van der Waals surface area contributed by atoms with Crippen molar-refractivity contribution in [3.05, 3.63) is 70.3 Å². The van der Waals surface area contributed by atoms with Gasteiger partial charge in [0.05, 0.1) is 0 Å². The van der Waals surface area contributed by atoms with Gasteiger partial charge in [-0.15, -0.1) is 0 Å². The van der Waals surface area contributed by atoms with E-state index in [1.54, 1.807) is 5.57 Å². The number of aromatic hydroxyl groups is 1. The summed E-state index contributed by atoms with van der Waals surface area (Å²) in [4.78, 5) is 12.7. The Hall–Kier alpha value is -2.35. The fraction of sp³-hybridized carbons (Fsp3) is 0.444. The number of phenols is 1. The van der Waals surface area contributed by atoms with Crippen LogP contribution in [-0.4, -0.2) is 10.9 Å². The Morgan fingerprint density at radius 2 is 1.90 bits per heavy atom. The van der Waals surface area contributed by atoms with Crippen LogP contribution < -0.4 is 0 Å². The number of rotatable bonds is 3.